The molecule has 2 fully saturated rings. The topological polar surface area (TPSA) is 146 Å². The molecular weight excluding hydrogens is 384 g/mol. The molecule has 2 saturated heterocycles. The highest BCUT2D eigenvalue weighted by atomic mass is 32.2. The molecule has 9 nitrogen and oxygen atoms in total. The van der Waals surface area contributed by atoms with Gasteiger partial charge >= 0.3 is 6.16 Å². The molecule has 10 heteroatoms. The molecule has 0 aromatic heterocycles. The number of benzene rings is 1. The molecule has 0 bridgehead atoms. The number of likely N-dealkylation sites (tertiary alicyclic amines) is 1. The summed E-state index contributed by atoms with van der Waals surface area (Å²) in [6.07, 6.45) is 0.609. The zero-order chi connectivity index (χ0) is 20.6. The van der Waals surface area contributed by atoms with E-state index in [1.807, 2.05) is 6.26 Å². The zero-order valence-electron chi connectivity index (χ0n) is 15.5. The maximum Gasteiger partial charge on any atom is 0.507 e. The van der Waals surface area contributed by atoms with Gasteiger partial charge in [0.1, 0.15) is 11.8 Å². The number of carbonyl (C=O) groups is 3. The number of carboxylic acid groups (broad SMARTS) is 1. The average Bonchev–Trinajstić information content (AvgIpc) is 3.09. The summed E-state index contributed by atoms with van der Waals surface area (Å²) in [5, 5.41) is 20.0. The summed E-state index contributed by atoms with van der Waals surface area (Å²) in [4.78, 5) is 38.1. The van der Waals surface area contributed by atoms with Crippen molar-refractivity contribution in [2.45, 2.75) is 18.2 Å². The molecule has 150 valence electrons. The molecule has 0 radical (unpaired) electrons. The fourth-order valence-electron chi connectivity index (χ4n) is 4.05. The van der Waals surface area contributed by atoms with Gasteiger partial charge < -0.3 is 15.6 Å². The van der Waals surface area contributed by atoms with Gasteiger partial charge in [0.2, 0.25) is 11.8 Å². The van der Waals surface area contributed by atoms with Crippen molar-refractivity contribution in [1.82, 2.24) is 10.2 Å². The molecule has 3 rings (SSSR count). The zero-order valence-corrected chi connectivity index (χ0v) is 16.3. The van der Waals surface area contributed by atoms with Crippen LogP contribution in [0.4, 0.5) is 4.79 Å². The van der Waals surface area contributed by atoms with E-state index in [1.165, 1.54) is 18.8 Å². The van der Waals surface area contributed by atoms with Gasteiger partial charge in [-0.1, -0.05) is 24.3 Å². The fourth-order valence-corrected chi connectivity index (χ4v) is 4.55. The van der Waals surface area contributed by atoms with Crippen molar-refractivity contribution in [2.75, 3.05) is 19.1 Å². The van der Waals surface area contributed by atoms with Crippen molar-refractivity contribution < 1.29 is 24.2 Å². The number of amides is 2. The van der Waals surface area contributed by atoms with Gasteiger partial charge in [0.05, 0.1) is 5.92 Å². The number of ether oxygens (including phenoxy) is 1. The molecule has 1 aromatic rings. The standard InChI is InChI=1S/C18H22N4O5S/c1-22-15(23)11-12(16(22)24)18(7-8-28-2,27-17(25)26)21-13(11)9-3-5-10(6-4-9)14(19)20/h3-6,11-13,21H,7-8H2,1-2H3,(H3,19,20)(H,25,26). The van der Waals surface area contributed by atoms with E-state index in [4.69, 9.17) is 15.9 Å². The normalized spacial score (nSPS) is 29.1. The molecule has 2 aliphatic rings. The van der Waals surface area contributed by atoms with Gasteiger partial charge in [0, 0.05) is 25.1 Å². The maximum atomic E-state index is 12.8. The molecule has 2 aliphatic heterocycles. The van der Waals surface area contributed by atoms with Gasteiger partial charge in [0.15, 0.2) is 5.72 Å². The summed E-state index contributed by atoms with van der Waals surface area (Å²) < 4.78 is 5.23. The number of hydrogen-bond acceptors (Lipinski definition) is 7. The summed E-state index contributed by atoms with van der Waals surface area (Å²) in [7, 11) is 1.40. The summed E-state index contributed by atoms with van der Waals surface area (Å²) in [6, 6.07) is 6.13. The van der Waals surface area contributed by atoms with Crippen molar-refractivity contribution in [2.24, 2.45) is 17.6 Å². The van der Waals surface area contributed by atoms with Crippen molar-refractivity contribution in [3.8, 4) is 0 Å². The molecule has 4 atom stereocenters. The van der Waals surface area contributed by atoms with Gasteiger partial charge in [-0.15, -0.1) is 0 Å². The molecule has 2 heterocycles. The van der Waals surface area contributed by atoms with E-state index >= 15 is 0 Å². The number of fused-ring (bicyclic) bond motifs is 1. The van der Waals surface area contributed by atoms with Crippen LogP contribution in [0.2, 0.25) is 0 Å². The van der Waals surface area contributed by atoms with E-state index in [9.17, 15) is 19.5 Å². The SMILES string of the molecule is CSCCC1(OC(=O)O)NC(c2ccc(C(=N)N)cc2)C2C(=O)N(C)C(=O)C21. The van der Waals surface area contributed by atoms with Crippen LogP contribution in [0.3, 0.4) is 0 Å². The lowest BCUT2D eigenvalue weighted by molar-refractivity contribution is -0.143. The van der Waals surface area contributed by atoms with Crippen LogP contribution < -0.4 is 11.1 Å². The third-order valence-electron chi connectivity index (χ3n) is 5.36. The average molecular weight is 406 g/mol. The Morgan fingerprint density at radius 3 is 2.54 bits per heavy atom. The largest absolute Gasteiger partial charge is 0.507 e. The van der Waals surface area contributed by atoms with E-state index in [1.54, 1.807) is 24.3 Å². The smallest absolute Gasteiger partial charge is 0.450 e. The Kier molecular flexibility index (Phi) is 5.35. The Bertz CT molecular complexity index is 830. The van der Waals surface area contributed by atoms with E-state index in [0.29, 0.717) is 16.9 Å². The van der Waals surface area contributed by atoms with Crippen molar-refractivity contribution in [3.63, 3.8) is 0 Å². The molecule has 4 unspecified atom stereocenters. The first-order valence-corrected chi connectivity index (χ1v) is 10.1. The minimum atomic E-state index is -1.50. The number of nitrogens with zero attached hydrogens (tertiary/aromatic N) is 1. The van der Waals surface area contributed by atoms with Crippen LogP contribution in [-0.4, -0.2) is 58.6 Å². The van der Waals surface area contributed by atoms with Crippen molar-refractivity contribution in [3.05, 3.63) is 35.4 Å². The molecule has 1 aromatic carbocycles. The maximum absolute atomic E-state index is 12.8. The lowest BCUT2D eigenvalue weighted by Crippen LogP contribution is -2.53. The van der Waals surface area contributed by atoms with Crippen molar-refractivity contribution in [1.29, 1.82) is 5.41 Å². The number of nitrogens with one attached hydrogen (secondary N) is 2. The van der Waals surface area contributed by atoms with Crippen LogP contribution in [0.1, 0.15) is 23.6 Å². The molecular formula is C18H22N4O5S. The third kappa shape index (κ3) is 3.22. The molecule has 0 saturated carbocycles. The fraction of sp³-hybridized carbons (Fsp3) is 0.444. The number of imide groups is 1. The first-order valence-electron chi connectivity index (χ1n) is 8.66. The number of nitrogens with two attached hydrogens (primary N) is 1. The lowest BCUT2D eigenvalue weighted by Gasteiger charge is -2.33. The van der Waals surface area contributed by atoms with Crippen LogP contribution >= 0.6 is 11.8 Å². The second kappa shape index (κ2) is 7.44. The first-order chi connectivity index (χ1) is 13.2. The second-order valence-electron chi connectivity index (χ2n) is 6.90. The second-order valence-corrected chi connectivity index (χ2v) is 7.88. The van der Waals surface area contributed by atoms with Gasteiger partial charge in [0.25, 0.3) is 0 Å². The highest BCUT2D eigenvalue weighted by Crippen LogP contribution is 2.50. The molecule has 2 amide bonds. The number of thioether (sulfide) groups is 1. The summed E-state index contributed by atoms with van der Waals surface area (Å²) in [6.45, 7) is 0. The summed E-state index contributed by atoms with van der Waals surface area (Å²) >= 11 is 1.49. The minimum absolute atomic E-state index is 0.0841. The quantitative estimate of drug-likeness (QED) is 0.237. The third-order valence-corrected chi connectivity index (χ3v) is 5.97. The van der Waals surface area contributed by atoms with Crippen LogP contribution in [0.25, 0.3) is 0 Å². The summed E-state index contributed by atoms with van der Waals surface area (Å²) in [5.74, 6) is -2.08. The molecule has 0 spiro atoms. The number of hydrogen-bond donors (Lipinski definition) is 4. The Morgan fingerprint density at radius 2 is 2.00 bits per heavy atom. The van der Waals surface area contributed by atoms with Crippen LogP contribution in [0, 0.1) is 17.2 Å². The van der Waals surface area contributed by atoms with Crippen LogP contribution in [0.5, 0.6) is 0 Å². The predicted molar refractivity (Wildman–Crippen MR) is 103 cm³/mol. The lowest BCUT2D eigenvalue weighted by atomic mass is 9.84. The highest BCUT2D eigenvalue weighted by molar-refractivity contribution is 7.98. The van der Waals surface area contributed by atoms with Crippen LogP contribution in [-0.2, 0) is 14.3 Å². The van der Waals surface area contributed by atoms with E-state index in [0.717, 1.165) is 4.90 Å². The Labute approximate surface area is 166 Å². The van der Waals surface area contributed by atoms with Gasteiger partial charge in [-0.3, -0.25) is 25.2 Å². The number of nitrogen functional groups attached to an aromatic ring is 1. The molecule has 28 heavy (non-hydrogen) atoms. The van der Waals surface area contributed by atoms with Crippen LogP contribution in [0.15, 0.2) is 24.3 Å². The van der Waals surface area contributed by atoms with Gasteiger partial charge in [-0.05, 0) is 17.6 Å². The van der Waals surface area contributed by atoms with E-state index in [-0.39, 0.29) is 18.2 Å². The molecule has 0 aliphatic carbocycles. The molecule has 5 N–H and O–H groups in total. The monoisotopic (exact) mass is 406 g/mol. The predicted octanol–water partition coefficient (Wildman–Crippen LogP) is 0.990. The Hall–Kier alpha value is -2.59. The number of rotatable bonds is 6. The minimum Gasteiger partial charge on any atom is -0.450 e. The first kappa shape index (κ1) is 20.2. The van der Waals surface area contributed by atoms with Crippen molar-refractivity contribution >= 4 is 35.6 Å². The van der Waals surface area contributed by atoms with Gasteiger partial charge in [-0.25, -0.2) is 4.79 Å². The number of carbonyl (C=O) groups excluding carboxylic acids is 2. The summed E-state index contributed by atoms with van der Waals surface area (Å²) in [5.41, 5.74) is 5.22. The van der Waals surface area contributed by atoms with E-state index in [2.05, 4.69) is 5.32 Å². The highest BCUT2D eigenvalue weighted by Gasteiger charge is 2.66. The Morgan fingerprint density at radius 1 is 1.36 bits per heavy atom. The van der Waals surface area contributed by atoms with E-state index < -0.39 is 35.7 Å². The number of amidine groups is 1. The Balaban J connectivity index is 2.06. The van der Waals surface area contributed by atoms with Gasteiger partial charge in [-0.2, -0.15) is 11.8 Å².